The quantitative estimate of drug-likeness (QED) is 0.913. The first kappa shape index (κ1) is 14.6. The summed E-state index contributed by atoms with van der Waals surface area (Å²) in [6.45, 7) is 4.64. The Morgan fingerprint density at radius 3 is 2.65 bits per heavy atom. The van der Waals surface area contributed by atoms with Gasteiger partial charge < -0.3 is 20.3 Å². The Bertz CT molecular complexity index is 473. The maximum absolute atomic E-state index is 14.0. The van der Waals surface area contributed by atoms with Crippen molar-refractivity contribution in [1.29, 1.82) is 0 Å². The van der Waals surface area contributed by atoms with Gasteiger partial charge in [0.2, 0.25) is 0 Å². The standard InChI is InChI=1S/C14H20FN3O2/c1-2-20-14(19)18-8-6-17(7-9-18)13-11(10-16)4-3-5-12(13)15/h3-5H,2,6-10,16H2,1H3. The minimum absolute atomic E-state index is 0.266. The fourth-order valence-electron chi connectivity index (χ4n) is 2.41. The van der Waals surface area contributed by atoms with Crippen LogP contribution in [0.1, 0.15) is 12.5 Å². The molecule has 0 aliphatic carbocycles. The number of hydrogen-bond donors (Lipinski definition) is 1. The zero-order valence-electron chi connectivity index (χ0n) is 11.6. The van der Waals surface area contributed by atoms with E-state index >= 15 is 0 Å². The molecule has 0 unspecified atom stereocenters. The number of carbonyl (C=O) groups is 1. The molecule has 0 bridgehead atoms. The van der Waals surface area contributed by atoms with E-state index in [1.165, 1.54) is 6.07 Å². The van der Waals surface area contributed by atoms with Gasteiger partial charge in [-0.25, -0.2) is 9.18 Å². The molecule has 0 radical (unpaired) electrons. The molecule has 20 heavy (non-hydrogen) atoms. The second-order valence-electron chi connectivity index (χ2n) is 4.62. The van der Waals surface area contributed by atoms with Crippen LogP contribution in [0.25, 0.3) is 0 Å². The van der Waals surface area contributed by atoms with E-state index in [1.54, 1.807) is 17.9 Å². The maximum atomic E-state index is 14.0. The zero-order chi connectivity index (χ0) is 14.5. The summed E-state index contributed by atoms with van der Waals surface area (Å²) >= 11 is 0. The number of nitrogens with two attached hydrogens (primary N) is 1. The molecule has 1 aliphatic heterocycles. The van der Waals surface area contributed by atoms with Gasteiger partial charge in [-0.05, 0) is 18.6 Å². The summed E-state index contributed by atoms with van der Waals surface area (Å²) in [5.41, 5.74) is 7.00. The van der Waals surface area contributed by atoms with E-state index in [2.05, 4.69) is 0 Å². The van der Waals surface area contributed by atoms with E-state index in [9.17, 15) is 9.18 Å². The third-order valence-corrected chi connectivity index (χ3v) is 3.41. The topological polar surface area (TPSA) is 58.8 Å². The minimum atomic E-state index is -0.306. The number of halogens is 1. The predicted molar refractivity (Wildman–Crippen MR) is 75.1 cm³/mol. The normalized spacial score (nSPS) is 15.3. The van der Waals surface area contributed by atoms with E-state index in [0.717, 1.165) is 5.56 Å². The Hall–Kier alpha value is -1.82. The van der Waals surface area contributed by atoms with Crippen molar-refractivity contribution in [3.8, 4) is 0 Å². The van der Waals surface area contributed by atoms with Gasteiger partial charge in [-0.15, -0.1) is 0 Å². The monoisotopic (exact) mass is 281 g/mol. The van der Waals surface area contributed by atoms with Crippen LogP contribution in [-0.4, -0.2) is 43.8 Å². The molecule has 0 atom stereocenters. The van der Waals surface area contributed by atoms with Crippen LogP contribution in [0, 0.1) is 5.82 Å². The van der Waals surface area contributed by atoms with Crippen LogP contribution in [0.4, 0.5) is 14.9 Å². The lowest BCUT2D eigenvalue weighted by Crippen LogP contribution is -2.49. The van der Waals surface area contributed by atoms with Gasteiger partial charge in [-0.3, -0.25) is 0 Å². The molecule has 1 fully saturated rings. The minimum Gasteiger partial charge on any atom is -0.450 e. The molecule has 2 N–H and O–H groups in total. The lowest BCUT2D eigenvalue weighted by molar-refractivity contribution is 0.105. The molecule has 0 saturated carbocycles. The van der Waals surface area contributed by atoms with Crippen LogP contribution in [0.2, 0.25) is 0 Å². The van der Waals surface area contributed by atoms with E-state index in [4.69, 9.17) is 10.5 Å². The van der Waals surface area contributed by atoms with Crippen molar-refractivity contribution in [2.45, 2.75) is 13.5 Å². The van der Waals surface area contributed by atoms with Crippen molar-refractivity contribution >= 4 is 11.8 Å². The predicted octanol–water partition coefficient (Wildman–Crippen LogP) is 1.56. The van der Waals surface area contributed by atoms with Gasteiger partial charge in [-0.1, -0.05) is 12.1 Å². The molecule has 110 valence electrons. The van der Waals surface area contributed by atoms with Crippen LogP contribution >= 0.6 is 0 Å². The van der Waals surface area contributed by atoms with Gasteiger partial charge >= 0.3 is 6.09 Å². The Morgan fingerprint density at radius 2 is 2.05 bits per heavy atom. The fourth-order valence-corrected chi connectivity index (χ4v) is 2.41. The van der Waals surface area contributed by atoms with Gasteiger partial charge in [-0.2, -0.15) is 0 Å². The van der Waals surface area contributed by atoms with Crippen LogP contribution in [0.3, 0.4) is 0 Å². The highest BCUT2D eigenvalue weighted by atomic mass is 19.1. The average molecular weight is 281 g/mol. The smallest absolute Gasteiger partial charge is 0.409 e. The van der Waals surface area contributed by atoms with Gasteiger partial charge in [0.05, 0.1) is 12.3 Å². The first-order valence-corrected chi connectivity index (χ1v) is 6.81. The van der Waals surface area contributed by atoms with Crippen LogP contribution in [-0.2, 0) is 11.3 Å². The highest BCUT2D eigenvalue weighted by Crippen LogP contribution is 2.25. The number of hydrogen-bond acceptors (Lipinski definition) is 4. The number of piperazine rings is 1. The van der Waals surface area contributed by atoms with Crippen LogP contribution in [0.15, 0.2) is 18.2 Å². The molecule has 2 rings (SSSR count). The summed E-state index contributed by atoms with van der Waals surface area (Å²) in [4.78, 5) is 15.2. The first-order chi connectivity index (χ1) is 9.67. The van der Waals surface area contributed by atoms with Gasteiger partial charge in [0.25, 0.3) is 0 Å². The summed E-state index contributed by atoms with van der Waals surface area (Å²) in [5, 5.41) is 0. The Balaban J connectivity index is 2.06. The van der Waals surface area contributed by atoms with E-state index in [0.29, 0.717) is 45.0 Å². The van der Waals surface area contributed by atoms with E-state index in [1.807, 2.05) is 11.0 Å². The number of para-hydroxylation sites is 1. The zero-order valence-corrected chi connectivity index (χ0v) is 11.6. The Labute approximate surface area is 118 Å². The molecule has 1 amide bonds. The van der Waals surface area contributed by atoms with Crippen molar-refractivity contribution < 1.29 is 13.9 Å². The molecule has 1 saturated heterocycles. The molecule has 6 heteroatoms. The van der Waals surface area contributed by atoms with Gasteiger partial charge in [0.1, 0.15) is 5.82 Å². The first-order valence-electron chi connectivity index (χ1n) is 6.81. The van der Waals surface area contributed by atoms with Crippen molar-refractivity contribution in [2.75, 3.05) is 37.7 Å². The van der Waals surface area contributed by atoms with Crippen molar-refractivity contribution in [1.82, 2.24) is 4.90 Å². The third kappa shape index (κ3) is 3.01. The van der Waals surface area contributed by atoms with Crippen LogP contribution in [0.5, 0.6) is 0 Å². The summed E-state index contributed by atoms with van der Waals surface area (Å²) in [6, 6.07) is 4.93. The molecule has 5 nitrogen and oxygen atoms in total. The summed E-state index contributed by atoms with van der Waals surface area (Å²) < 4.78 is 19.0. The fraction of sp³-hybridized carbons (Fsp3) is 0.500. The summed E-state index contributed by atoms with van der Waals surface area (Å²) in [6.07, 6.45) is -0.306. The van der Waals surface area contributed by atoms with E-state index < -0.39 is 0 Å². The van der Waals surface area contributed by atoms with E-state index in [-0.39, 0.29) is 11.9 Å². The van der Waals surface area contributed by atoms with Crippen molar-refractivity contribution in [3.63, 3.8) is 0 Å². The summed E-state index contributed by atoms with van der Waals surface area (Å²) in [5.74, 6) is -0.266. The number of amides is 1. The largest absolute Gasteiger partial charge is 0.450 e. The second kappa shape index (κ2) is 6.56. The third-order valence-electron chi connectivity index (χ3n) is 3.41. The van der Waals surface area contributed by atoms with Gasteiger partial charge in [0, 0.05) is 32.7 Å². The number of nitrogens with zero attached hydrogens (tertiary/aromatic N) is 2. The number of benzene rings is 1. The summed E-state index contributed by atoms with van der Waals surface area (Å²) in [7, 11) is 0. The second-order valence-corrected chi connectivity index (χ2v) is 4.62. The highest BCUT2D eigenvalue weighted by molar-refractivity contribution is 5.68. The van der Waals surface area contributed by atoms with Crippen LogP contribution < -0.4 is 10.6 Å². The number of rotatable bonds is 3. The lowest BCUT2D eigenvalue weighted by atomic mass is 10.1. The van der Waals surface area contributed by atoms with Crippen molar-refractivity contribution in [2.24, 2.45) is 5.73 Å². The molecule has 0 spiro atoms. The SMILES string of the molecule is CCOC(=O)N1CCN(c2c(F)cccc2CN)CC1. The number of ether oxygens (including phenoxy) is 1. The molecule has 1 aromatic rings. The maximum Gasteiger partial charge on any atom is 0.409 e. The van der Waals surface area contributed by atoms with Crippen molar-refractivity contribution in [3.05, 3.63) is 29.6 Å². The number of anilines is 1. The molecule has 1 heterocycles. The molecule has 1 aliphatic rings. The molecule has 0 aromatic heterocycles. The Kier molecular flexibility index (Phi) is 4.79. The molecular weight excluding hydrogens is 261 g/mol. The molecular formula is C14H20FN3O2. The Morgan fingerprint density at radius 1 is 1.35 bits per heavy atom. The molecule has 1 aromatic carbocycles. The number of carbonyl (C=O) groups excluding carboxylic acids is 1. The lowest BCUT2D eigenvalue weighted by Gasteiger charge is -2.36. The average Bonchev–Trinajstić information content (AvgIpc) is 2.47. The highest BCUT2D eigenvalue weighted by Gasteiger charge is 2.24. The van der Waals surface area contributed by atoms with Gasteiger partial charge in [0.15, 0.2) is 0 Å².